The van der Waals surface area contributed by atoms with Gasteiger partial charge in [0.1, 0.15) is 0 Å². The van der Waals surface area contributed by atoms with Crippen LogP contribution in [0.15, 0.2) is 22.7 Å². The second-order valence-electron chi connectivity index (χ2n) is 3.87. The maximum atomic E-state index is 13.7. The Morgan fingerprint density at radius 3 is 2.83 bits per heavy atom. The second kappa shape index (κ2) is 5.07. The lowest BCUT2D eigenvalue weighted by molar-refractivity contribution is 0.399. The Morgan fingerprint density at radius 2 is 2.22 bits per heavy atom. The first-order valence-corrected chi connectivity index (χ1v) is 6.17. The van der Waals surface area contributed by atoms with Crippen molar-refractivity contribution >= 4 is 15.9 Å². The molecule has 0 fully saturated rings. The lowest BCUT2D eigenvalue weighted by Crippen LogP contribution is -2.02. The highest BCUT2D eigenvalue weighted by Gasteiger charge is 2.15. The predicted molar refractivity (Wildman–Crippen MR) is 70.0 cm³/mol. The van der Waals surface area contributed by atoms with Gasteiger partial charge in [0.2, 0.25) is 5.88 Å². The first-order chi connectivity index (χ1) is 8.52. The first kappa shape index (κ1) is 13.0. The molecule has 1 heterocycles. The van der Waals surface area contributed by atoms with Crippen molar-refractivity contribution in [1.29, 1.82) is 0 Å². The topological polar surface area (TPSA) is 53.1 Å². The smallest absolute Gasteiger partial charge is 0.222 e. The van der Waals surface area contributed by atoms with Crippen LogP contribution in [0.2, 0.25) is 0 Å². The lowest BCUT2D eigenvalue weighted by Gasteiger charge is -2.08. The number of aryl methyl sites for hydroxylation is 2. The van der Waals surface area contributed by atoms with Gasteiger partial charge in [0, 0.05) is 18.1 Å². The Labute approximate surface area is 113 Å². The normalized spacial score (nSPS) is 10.7. The van der Waals surface area contributed by atoms with Crippen molar-refractivity contribution in [1.82, 2.24) is 9.78 Å². The molecule has 0 amide bonds. The van der Waals surface area contributed by atoms with Crippen LogP contribution in [0.25, 0.3) is 0 Å². The average Bonchev–Trinajstić information content (AvgIpc) is 2.57. The van der Waals surface area contributed by atoms with Crippen LogP contribution < -0.4 is 10.5 Å². The third kappa shape index (κ3) is 2.39. The largest absolute Gasteiger partial charge is 0.436 e. The van der Waals surface area contributed by atoms with E-state index in [4.69, 9.17) is 10.5 Å². The molecule has 2 aromatic rings. The summed E-state index contributed by atoms with van der Waals surface area (Å²) in [5.41, 5.74) is 7.21. The van der Waals surface area contributed by atoms with Crippen LogP contribution in [0.3, 0.4) is 0 Å². The van der Waals surface area contributed by atoms with Gasteiger partial charge in [0.15, 0.2) is 11.6 Å². The van der Waals surface area contributed by atoms with Crippen LogP contribution in [-0.4, -0.2) is 9.78 Å². The number of rotatable bonds is 3. The van der Waals surface area contributed by atoms with Crippen molar-refractivity contribution < 1.29 is 9.13 Å². The highest BCUT2D eigenvalue weighted by atomic mass is 79.9. The zero-order valence-corrected chi connectivity index (χ0v) is 11.7. The Bertz CT molecular complexity index is 583. The fourth-order valence-electron chi connectivity index (χ4n) is 1.71. The minimum absolute atomic E-state index is 0.149. The highest BCUT2D eigenvalue weighted by Crippen LogP contribution is 2.29. The summed E-state index contributed by atoms with van der Waals surface area (Å²) in [5.74, 6) is 0.179. The van der Waals surface area contributed by atoms with Crippen molar-refractivity contribution in [2.24, 2.45) is 12.8 Å². The zero-order valence-electron chi connectivity index (χ0n) is 10.1. The van der Waals surface area contributed by atoms with Crippen molar-refractivity contribution in [3.05, 3.63) is 39.7 Å². The number of benzene rings is 1. The Balaban J connectivity index is 2.39. The number of halogens is 2. The zero-order chi connectivity index (χ0) is 13.3. The van der Waals surface area contributed by atoms with Gasteiger partial charge in [-0.3, -0.25) is 0 Å². The van der Waals surface area contributed by atoms with Crippen LogP contribution in [0.1, 0.15) is 11.3 Å². The highest BCUT2D eigenvalue weighted by molar-refractivity contribution is 9.10. The fraction of sp³-hybridized carbons (Fsp3) is 0.250. The number of nitrogens with zero attached hydrogens (tertiary/aromatic N) is 2. The van der Waals surface area contributed by atoms with Gasteiger partial charge in [-0.15, -0.1) is 0 Å². The molecule has 4 nitrogen and oxygen atoms in total. The third-order valence-electron chi connectivity index (χ3n) is 2.59. The molecule has 0 atom stereocenters. The standard InChI is InChI=1S/C12H13BrFN3O/c1-7-9(6-15)12(17(2)16-7)18-11-4-3-8(13)5-10(11)14/h3-5H,6,15H2,1-2H3. The molecule has 1 aromatic heterocycles. The molecule has 0 spiro atoms. The van der Waals surface area contributed by atoms with Crippen LogP contribution in [0.4, 0.5) is 4.39 Å². The molecule has 2 rings (SSSR count). The second-order valence-corrected chi connectivity index (χ2v) is 4.79. The number of aromatic nitrogens is 2. The predicted octanol–water partition coefficient (Wildman–Crippen LogP) is 2.88. The summed E-state index contributed by atoms with van der Waals surface area (Å²) < 4.78 is 21.5. The summed E-state index contributed by atoms with van der Waals surface area (Å²) in [7, 11) is 1.73. The van der Waals surface area contributed by atoms with E-state index >= 15 is 0 Å². The molecule has 0 saturated carbocycles. The molecule has 0 aliphatic heterocycles. The van der Waals surface area contributed by atoms with Crippen LogP contribution in [-0.2, 0) is 13.6 Å². The summed E-state index contributed by atoms with van der Waals surface area (Å²) >= 11 is 3.20. The quantitative estimate of drug-likeness (QED) is 0.948. The van der Waals surface area contributed by atoms with Gasteiger partial charge in [-0.2, -0.15) is 5.10 Å². The van der Waals surface area contributed by atoms with E-state index in [0.717, 1.165) is 11.3 Å². The Kier molecular flexibility index (Phi) is 3.68. The SMILES string of the molecule is Cc1nn(C)c(Oc2ccc(Br)cc2F)c1CN. The van der Waals surface area contributed by atoms with Gasteiger partial charge in [-0.05, 0) is 25.1 Å². The van der Waals surface area contributed by atoms with E-state index < -0.39 is 5.82 Å². The number of nitrogens with two attached hydrogens (primary N) is 1. The van der Waals surface area contributed by atoms with E-state index in [0.29, 0.717) is 16.9 Å². The molecule has 0 saturated heterocycles. The molecule has 0 aliphatic rings. The van der Waals surface area contributed by atoms with Gasteiger partial charge < -0.3 is 10.5 Å². The molecule has 1 aromatic carbocycles. The fourth-order valence-corrected chi connectivity index (χ4v) is 2.04. The number of hydrogen-bond donors (Lipinski definition) is 1. The monoisotopic (exact) mass is 313 g/mol. The summed E-state index contributed by atoms with van der Waals surface area (Å²) in [6.45, 7) is 2.14. The van der Waals surface area contributed by atoms with E-state index in [1.807, 2.05) is 6.92 Å². The summed E-state index contributed by atoms with van der Waals surface area (Å²) in [4.78, 5) is 0. The Hall–Kier alpha value is -1.40. The van der Waals surface area contributed by atoms with Gasteiger partial charge in [0.05, 0.1) is 11.3 Å². The minimum Gasteiger partial charge on any atom is -0.436 e. The molecule has 0 radical (unpaired) electrons. The molecule has 18 heavy (non-hydrogen) atoms. The lowest BCUT2D eigenvalue weighted by atomic mass is 10.2. The molecule has 96 valence electrons. The molecule has 2 N–H and O–H groups in total. The van der Waals surface area contributed by atoms with E-state index in [9.17, 15) is 4.39 Å². The molecular formula is C12H13BrFN3O. The van der Waals surface area contributed by atoms with Crippen LogP contribution in [0, 0.1) is 12.7 Å². The van der Waals surface area contributed by atoms with Crippen molar-refractivity contribution in [3.8, 4) is 11.6 Å². The summed E-state index contributed by atoms with van der Waals surface area (Å²) in [6.07, 6.45) is 0. The van der Waals surface area contributed by atoms with Gasteiger partial charge in [0.25, 0.3) is 0 Å². The maximum absolute atomic E-state index is 13.7. The molecule has 6 heteroatoms. The van der Waals surface area contributed by atoms with Crippen molar-refractivity contribution in [3.63, 3.8) is 0 Å². The van der Waals surface area contributed by atoms with E-state index in [-0.39, 0.29) is 5.75 Å². The van der Waals surface area contributed by atoms with Gasteiger partial charge in [-0.1, -0.05) is 15.9 Å². The number of ether oxygens (including phenoxy) is 1. The maximum Gasteiger partial charge on any atom is 0.222 e. The molecule has 0 bridgehead atoms. The molecule has 0 aliphatic carbocycles. The molecular weight excluding hydrogens is 301 g/mol. The average molecular weight is 314 g/mol. The summed E-state index contributed by atoms with van der Waals surface area (Å²) in [6, 6.07) is 4.62. The van der Waals surface area contributed by atoms with Crippen LogP contribution in [0.5, 0.6) is 11.6 Å². The van der Waals surface area contributed by atoms with E-state index in [1.54, 1.807) is 23.9 Å². The summed E-state index contributed by atoms with van der Waals surface area (Å²) in [5, 5.41) is 4.21. The third-order valence-corrected chi connectivity index (χ3v) is 3.09. The van der Waals surface area contributed by atoms with E-state index in [1.165, 1.54) is 6.07 Å². The van der Waals surface area contributed by atoms with Crippen LogP contribution >= 0.6 is 15.9 Å². The van der Waals surface area contributed by atoms with Gasteiger partial charge >= 0.3 is 0 Å². The van der Waals surface area contributed by atoms with Crippen molar-refractivity contribution in [2.75, 3.05) is 0 Å². The Morgan fingerprint density at radius 1 is 1.50 bits per heavy atom. The first-order valence-electron chi connectivity index (χ1n) is 5.38. The minimum atomic E-state index is -0.439. The van der Waals surface area contributed by atoms with Crippen molar-refractivity contribution in [2.45, 2.75) is 13.5 Å². The molecule has 0 unspecified atom stereocenters. The number of hydrogen-bond acceptors (Lipinski definition) is 3. The van der Waals surface area contributed by atoms with E-state index in [2.05, 4.69) is 21.0 Å². The van der Waals surface area contributed by atoms with Gasteiger partial charge in [-0.25, -0.2) is 9.07 Å².